The number of rotatable bonds is 2. The van der Waals surface area contributed by atoms with E-state index in [0.29, 0.717) is 0 Å². The third kappa shape index (κ3) is 9.74. The summed E-state index contributed by atoms with van der Waals surface area (Å²) in [6, 6.07) is 0. The van der Waals surface area contributed by atoms with Crippen molar-refractivity contribution in [3.05, 3.63) is 0 Å². The Labute approximate surface area is 77.2 Å². The van der Waals surface area contributed by atoms with Crippen LogP contribution in [0.15, 0.2) is 0 Å². The van der Waals surface area contributed by atoms with E-state index in [1.807, 2.05) is 13.8 Å². The van der Waals surface area contributed by atoms with Gasteiger partial charge in [-0.1, -0.05) is 19.6 Å². The first-order valence-corrected chi connectivity index (χ1v) is 7.93. The summed E-state index contributed by atoms with van der Waals surface area (Å²) in [7, 11) is -1.20. The fraction of sp³-hybridized carbons (Fsp3) is 0.800. The Morgan fingerprint density at radius 3 is 2.08 bits per heavy atom. The fourth-order valence-corrected chi connectivity index (χ4v) is 1.35. The molecule has 1 N–H and O–H groups in total. The minimum absolute atomic E-state index is 0.561. The monoisotopic (exact) mass is 184 g/mol. The molecule has 0 aliphatic heterocycles. The average Bonchev–Trinajstić information content (AvgIpc) is 1.76. The van der Waals surface area contributed by atoms with E-state index in [4.69, 9.17) is 0 Å². The van der Waals surface area contributed by atoms with Gasteiger partial charge in [0.2, 0.25) is 0 Å². The normalized spacial score (nSPS) is 12.2. The van der Waals surface area contributed by atoms with Crippen molar-refractivity contribution in [1.82, 2.24) is 0 Å². The maximum Gasteiger partial charge on any atom is 0.129 e. The van der Waals surface area contributed by atoms with Crippen molar-refractivity contribution < 1.29 is 5.11 Å². The highest BCUT2D eigenvalue weighted by molar-refractivity contribution is 6.83. The minimum atomic E-state index is -1.20. The second-order valence-corrected chi connectivity index (χ2v) is 9.61. The summed E-state index contributed by atoms with van der Waals surface area (Å²) in [5, 5.41) is 9.39. The highest BCUT2D eigenvalue weighted by Gasteiger charge is 2.11. The summed E-state index contributed by atoms with van der Waals surface area (Å²) in [5.41, 5.74) is 2.71. The zero-order chi connectivity index (χ0) is 9.83. The Hall–Kier alpha value is -0.263. The fourth-order valence-electron chi connectivity index (χ4n) is 0.696. The first-order valence-electron chi connectivity index (χ1n) is 4.43. The molecule has 1 nitrogen and oxygen atoms in total. The molecular weight excluding hydrogens is 164 g/mol. The molecule has 0 aromatic rings. The van der Waals surface area contributed by atoms with Crippen LogP contribution in [-0.4, -0.2) is 18.8 Å². The van der Waals surface area contributed by atoms with Gasteiger partial charge in [0.25, 0.3) is 0 Å². The molecule has 0 fully saturated rings. The van der Waals surface area contributed by atoms with E-state index < -0.39 is 13.7 Å². The second-order valence-electron chi connectivity index (χ2n) is 4.86. The summed E-state index contributed by atoms with van der Waals surface area (Å²) in [6.07, 6.45) is 1.58. The summed E-state index contributed by atoms with van der Waals surface area (Å²) < 4.78 is 0. The third-order valence-electron chi connectivity index (χ3n) is 1.33. The average molecular weight is 184 g/mol. The smallest absolute Gasteiger partial charge is 0.129 e. The Balaban J connectivity index is 3.75. The van der Waals surface area contributed by atoms with Crippen molar-refractivity contribution in [2.45, 2.75) is 51.9 Å². The van der Waals surface area contributed by atoms with E-state index >= 15 is 0 Å². The molecule has 0 aromatic heterocycles. The van der Waals surface area contributed by atoms with Crippen molar-refractivity contribution in [3.63, 3.8) is 0 Å². The standard InChI is InChI=1S/C10H20OSi/c1-10(2,11)8-6-7-9-12(3,4)5/h11H,6,8H2,1-5H3. The highest BCUT2D eigenvalue weighted by Crippen LogP contribution is 2.09. The second kappa shape index (κ2) is 4.11. The van der Waals surface area contributed by atoms with Crippen LogP contribution in [0, 0.1) is 11.5 Å². The highest BCUT2D eigenvalue weighted by atomic mass is 28.3. The van der Waals surface area contributed by atoms with Gasteiger partial charge in [0.15, 0.2) is 0 Å². The number of hydrogen-bond acceptors (Lipinski definition) is 1. The van der Waals surface area contributed by atoms with E-state index in [9.17, 15) is 5.11 Å². The molecule has 0 saturated heterocycles. The van der Waals surface area contributed by atoms with Crippen molar-refractivity contribution in [2.24, 2.45) is 0 Å². The Kier molecular flexibility index (Phi) is 4.02. The maximum atomic E-state index is 9.39. The van der Waals surface area contributed by atoms with Crippen molar-refractivity contribution in [2.75, 3.05) is 0 Å². The summed E-state index contributed by atoms with van der Waals surface area (Å²) in [5.74, 6) is 3.13. The Bertz CT molecular complexity index is 185. The summed E-state index contributed by atoms with van der Waals surface area (Å²) in [4.78, 5) is 0. The predicted octanol–water partition coefficient (Wildman–Crippen LogP) is 2.42. The van der Waals surface area contributed by atoms with Gasteiger partial charge in [0, 0.05) is 6.42 Å². The van der Waals surface area contributed by atoms with Gasteiger partial charge in [0.1, 0.15) is 8.07 Å². The van der Waals surface area contributed by atoms with Crippen LogP contribution >= 0.6 is 0 Å². The first-order chi connectivity index (χ1) is 5.21. The van der Waals surface area contributed by atoms with Gasteiger partial charge in [-0.05, 0) is 20.3 Å². The third-order valence-corrected chi connectivity index (χ3v) is 2.25. The number of aliphatic hydroxyl groups is 1. The van der Waals surface area contributed by atoms with Crippen molar-refractivity contribution >= 4 is 8.07 Å². The molecule has 0 aromatic carbocycles. The van der Waals surface area contributed by atoms with E-state index in [2.05, 4.69) is 31.1 Å². The van der Waals surface area contributed by atoms with E-state index in [0.717, 1.165) is 12.8 Å². The molecule has 0 aliphatic rings. The van der Waals surface area contributed by atoms with Crippen LogP contribution in [0.1, 0.15) is 26.7 Å². The van der Waals surface area contributed by atoms with Crippen LogP contribution in [0.3, 0.4) is 0 Å². The van der Waals surface area contributed by atoms with E-state index in [-0.39, 0.29) is 0 Å². The molecule has 70 valence electrons. The van der Waals surface area contributed by atoms with Crippen LogP contribution in [0.4, 0.5) is 0 Å². The zero-order valence-corrected chi connectivity index (χ0v) is 9.86. The van der Waals surface area contributed by atoms with Crippen LogP contribution in [0.2, 0.25) is 19.6 Å². The quantitative estimate of drug-likeness (QED) is 0.516. The van der Waals surface area contributed by atoms with Gasteiger partial charge in [-0.3, -0.25) is 0 Å². The molecule has 0 spiro atoms. The molecular formula is C10H20OSi. The topological polar surface area (TPSA) is 20.2 Å². The lowest BCUT2D eigenvalue weighted by atomic mass is 10.0. The van der Waals surface area contributed by atoms with E-state index in [1.165, 1.54) is 0 Å². The molecule has 0 saturated carbocycles. The largest absolute Gasteiger partial charge is 0.390 e. The SMILES string of the molecule is CC(C)(O)CCC#C[Si](C)(C)C. The van der Waals surface area contributed by atoms with Crippen molar-refractivity contribution in [1.29, 1.82) is 0 Å². The molecule has 0 rings (SSSR count). The molecule has 0 aliphatic carbocycles. The lowest BCUT2D eigenvalue weighted by molar-refractivity contribution is 0.0727. The van der Waals surface area contributed by atoms with Gasteiger partial charge < -0.3 is 5.11 Å². The maximum absolute atomic E-state index is 9.39. The molecule has 2 heteroatoms. The van der Waals surface area contributed by atoms with E-state index in [1.54, 1.807) is 0 Å². The molecule has 0 amide bonds. The molecule has 0 heterocycles. The summed E-state index contributed by atoms with van der Waals surface area (Å²) in [6.45, 7) is 10.3. The molecule has 0 bridgehead atoms. The summed E-state index contributed by atoms with van der Waals surface area (Å²) >= 11 is 0. The van der Waals surface area contributed by atoms with Crippen LogP contribution in [0.5, 0.6) is 0 Å². The van der Waals surface area contributed by atoms with Gasteiger partial charge >= 0.3 is 0 Å². The number of hydrogen-bond donors (Lipinski definition) is 1. The lowest BCUT2D eigenvalue weighted by Gasteiger charge is -2.14. The lowest BCUT2D eigenvalue weighted by Crippen LogP contribution is -2.18. The van der Waals surface area contributed by atoms with Gasteiger partial charge in [-0.25, -0.2) is 0 Å². The van der Waals surface area contributed by atoms with Gasteiger partial charge in [0.05, 0.1) is 5.60 Å². The van der Waals surface area contributed by atoms with Gasteiger partial charge in [-0.2, -0.15) is 0 Å². The molecule has 12 heavy (non-hydrogen) atoms. The molecule has 0 atom stereocenters. The molecule has 0 radical (unpaired) electrons. The Morgan fingerprint density at radius 2 is 1.75 bits per heavy atom. The van der Waals surface area contributed by atoms with Crippen molar-refractivity contribution in [3.8, 4) is 11.5 Å². The van der Waals surface area contributed by atoms with Crippen LogP contribution in [-0.2, 0) is 0 Å². The van der Waals surface area contributed by atoms with Crippen LogP contribution < -0.4 is 0 Å². The molecule has 0 unspecified atom stereocenters. The zero-order valence-electron chi connectivity index (χ0n) is 8.86. The Morgan fingerprint density at radius 1 is 1.25 bits per heavy atom. The van der Waals surface area contributed by atoms with Crippen LogP contribution in [0.25, 0.3) is 0 Å². The predicted molar refractivity (Wildman–Crippen MR) is 56.7 cm³/mol. The minimum Gasteiger partial charge on any atom is -0.390 e. The van der Waals surface area contributed by atoms with Gasteiger partial charge in [-0.15, -0.1) is 11.5 Å². The first kappa shape index (κ1) is 11.7.